The molecule has 23 heteroatoms. The molecule has 2 N–H and O–H groups in total. The van der Waals surface area contributed by atoms with Gasteiger partial charge in [0.15, 0.2) is 5.71 Å². The summed E-state index contributed by atoms with van der Waals surface area (Å²) in [5.74, 6) is -3.41. The highest BCUT2D eigenvalue weighted by Gasteiger charge is 2.45. The molecule has 65 heavy (non-hydrogen) atoms. The Bertz CT molecular complexity index is 2660. The van der Waals surface area contributed by atoms with Gasteiger partial charge in [0, 0.05) is 78.0 Å². The van der Waals surface area contributed by atoms with Crippen molar-refractivity contribution in [2.75, 3.05) is 43.1 Å². The molecule has 2 aromatic carbocycles. The van der Waals surface area contributed by atoms with Crippen LogP contribution < -0.4 is 4.90 Å². The largest absolute Gasteiger partial charge is 0.748 e. The standard InChI is InChI=1S/C42H52N4O15S4/c1-41(2)32-27-30(62-61-60-50)17-19-34(32)44(23-11-13-25-63(51,52)53)36(41)15-9-7-6-8-10-16-37-42(3,4)33-28-31(18-20-35(33)45(37)24-12-14-26-64(54,55)56)65(57,58)43(5)29-40(49)59-46-38(47)21-22-39(46)48/h6-10,15-20,27-28H,11-14,21-26,29H2,1-5H3,(H2-,50,51,52,53,54,55,56). The Morgan fingerprint density at radius 3 is 2.20 bits per heavy atom. The summed E-state index contributed by atoms with van der Waals surface area (Å²) >= 11 is 0.828. The highest BCUT2D eigenvalue weighted by molar-refractivity contribution is 7.94. The van der Waals surface area contributed by atoms with Crippen LogP contribution in [-0.2, 0) is 69.7 Å². The molecule has 3 aliphatic heterocycles. The lowest BCUT2D eigenvalue weighted by atomic mass is 9.81. The van der Waals surface area contributed by atoms with Crippen LogP contribution in [0.5, 0.6) is 0 Å². The molecule has 1 fully saturated rings. The van der Waals surface area contributed by atoms with Gasteiger partial charge in [-0.1, -0.05) is 49.3 Å². The Morgan fingerprint density at radius 1 is 0.877 bits per heavy atom. The van der Waals surface area contributed by atoms with E-state index in [0.717, 1.165) is 39.0 Å². The van der Waals surface area contributed by atoms with Crippen LogP contribution in [0.25, 0.3) is 0 Å². The molecule has 0 saturated carbocycles. The molecule has 3 heterocycles. The highest BCUT2D eigenvalue weighted by Crippen LogP contribution is 2.49. The number of carbonyl (C=O) groups is 3. The van der Waals surface area contributed by atoms with Crippen LogP contribution in [0.1, 0.15) is 77.3 Å². The van der Waals surface area contributed by atoms with Crippen LogP contribution in [0.2, 0.25) is 0 Å². The number of unbranched alkanes of at least 4 members (excludes halogenated alkanes) is 2. The van der Waals surface area contributed by atoms with Crippen molar-refractivity contribution in [1.29, 1.82) is 0 Å². The second-order valence-corrected chi connectivity index (χ2v) is 22.4. The summed E-state index contributed by atoms with van der Waals surface area (Å²) in [6.45, 7) is 7.88. The van der Waals surface area contributed by atoms with Gasteiger partial charge in [-0.15, -0.1) is 9.40 Å². The Kier molecular flexibility index (Phi) is 16.6. The maximum Gasteiger partial charge on any atom is 0.348 e. The quantitative estimate of drug-likeness (QED) is 0.0228. The van der Waals surface area contributed by atoms with E-state index in [0.29, 0.717) is 47.1 Å². The van der Waals surface area contributed by atoms with Gasteiger partial charge in [0.05, 0.1) is 38.2 Å². The maximum absolute atomic E-state index is 13.7. The summed E-state index contributed by atoms with van der Waals surface area (Å²) in [6, 6.07) is 10.1. The number of nitrogens with zero attached hydrogens (tertiary/aromatic N) is 4. The van der Waals surface area contributed by atoms with Crippen molar-refractivity contribution < 1.29 is 72.8 Å². The monoisotopic (exact) mass is 980 g/mol. The van der Waals surface area contributed by atoms with E-state index < -0.39 is 76.9 Å². The molecule has 0 unspecified atom stereocenters. The maximum atomic E-state index is 13.7. The van der Waals surface area contributed by atoms with Gasteiger partial charge in [0.2, 0.25) is 15.7 Å². The number of carbonyl (C=O) groups excluding carboxylic acids is 3. The lowest BCUT2D eigenvalue weighted by molar-refractivity contribution is -0.438. The average Bonchev–Trinajstić information content (AvgIpc) is 3.73. The molecule has 2 amide bonds. The molecule has 1 saturated heterocycles. The van der Waals surface area contributed by atoms with Crippen LogP contribution in [0.15, 0.2) is 94.4 Å². The number of rotatable bonds is 22. The third-order valence-electron chi connectivity index (χ3n) is 11.2. The van der Waals surface area contributed by atoms with E-state index >= 15 is 0 Å². The first-order chi connectivity index (χ1) is 30.4. The van der Waals surface area contributed by atoms with Crippen LogP contribution in [0.4, 0.5) is 11.4 Å². The topological polar surface area (TPSA) is 258 Å². The minimum Gasteiger partial charge on any atom is -0.748 e. The summed E-state index contributed by atoms with van der Waals surface area (Å²) in [6.07, 6.45) is 13.8. The van der Waals surface area contributed by atoms with E-state index in [9.17, 15) is 48.7 Å². The predicted octanol–water partition coefficient (Wildman–Crippen LogP) is 5.06. The second kappa shape index (κ2) is 20.9. The molecule has 0 atom stereocenters. The van der Waals surface area contributed by atoms with Gasteiger partial charge in [0.25, 0.3) is 21.9 Å². The lowest BCUT2D eigenvalue weighted by Crippen LogP contribution is -2.38. The third-order valence-corrected chi connectivity index (χ3v) is 15.1. The number of benzene rings is 2. The summed E-state index contributed by atoms with van der Waals surface area (Å²) in [5.41, 5.74) is 3.50. The summed E-state index contributed by atoms with van der Waals surface area (Å²) in [5, 5.41) is 12.7. The predicted molar refractivity (Wildman–Crippen MR) is 239 cm³/mol. The number of fused-ring (bicyclic) bond motifs is 2. The molecule has 0 aromatic heterocycles. The zero-order valence-electron chi connectivity index (χ0n) is 36.4. The third kappa shape index (κ3) is 12.7. The average molecular weight is 981 g/mol. The first-order valence-electron chi connectivity index (χ1n) is 20.4. The zero-order valence-corrected chi connectivity index (χ0v) is 39.7. The molecule has 3 aliphatic rings. The van der Waals surface area contributed by atoms with Crippen molar-refractivity contribution in [3.05, 3.63) is 95.8 Å². The molecular weight excluding hydrogens is 929 g/mol. The number of hydroxylamine groups is 2. The number of likely N-dealkylation sites (N-methyl/N-ethyl adjacent to an activating group) is 1. The summed E-state index contributed by atoms with van der Waals surface area (Å²) < 4.78 is 101. The summed E-state index contributed by atoms with van der Waals surface area (Å²) in [4.78, 5) is 43.7. The summed E-state index contributed by atoms with van der Waals surface area (Å²) in [7, 11) is -11.7. The fourth-order valence-corrected chi connectivity index (χ4v) is 10.5. The van der Waals surface area contributed by atoms with Gasteiger partial charge in [-0.3, -0.25) is 14.1 Å². The van der Waals surface area contributed by atoms with Crippen molar-refractivity contribution in [3.63, 3.8) is 0 Å². The fraction of sp³-hybridized carbons (Fsp3) is 0.429. The number of hydrogen-bond acceptors (Lipinski definition) is 16. The number of hydrogen-bond donors (Lipinski definition) is 2. The minimum absolute atomic E-state index is 0.118. The molecule has 5 rings (SSSR count). The number of amides is 2. The van der Waals surface area contributed by atoms with Crippen molar-refractivity contribution >= 4 is 77.2 Å². The van der Waals surface area contributed by atoms with E-state index in [-0.39, 0.29) is 30.6 Å². The lowest BCUT2D eigenvalue weighted by Gasteiger charge is -2.27. The van der Waals surface area contributed by atoms with Gasteiger partial charge < -0.3 is 14.3 Å². The van der Waals surface area contributed by atoms with Gasteiger partial charge in [-0.05, 0) is 75.1 Å². The van der Waals surface area contributed by atoms with Crippen LogP contribution in [-0.4, -0.2) is 115 Å². The molecule has 0 radical (unpaired) electrons. The van der Waals surface area contributed by atoms with Gasteiger partial charge in [0.1, 0.15) is 13.1 Å². The SMILES string of the molecule is CN(CC(=O)ON1C(=O)CCC1=O)S(=O)(=O)c1ccc2c(c1)C(C)(C)\C(=C/C=C/C=C/C=C/C1=[N+](CCCCS(=O)(=O)[O-])c3ccc(SOOO)cc3C1(C)C)N2CCCCS(=O)(=O)O. The van der Waals surface area contributed by atoms with E-state index in [1.54, 1.807) is 24.3 Å². The Balaban J connectivity index is 1.37. The molecule has 354 valence electrons. The number of sulfonamides is 1. The first kappa shape index (κ1) is 51.4. The Hall–Kier alpha value is -4.56. The van der Waals surface area contributed by atoms with Gasteiger partial charge >= 0.3 is 5.97 Å². The second-order valence-electron chi connectivity index (χ2n) is 16.5. The number of imide groups is 1. The normalized spacial score (nSPS) is 18.1. The smallest absolute Gasteiger partial charge is 0.348 e. The van der Waals surface area contributed by atoms with Gasteiger partial charge in [-0.25, -0.2) is 26.9 Å². The minimum atomic E-state index is -4.36. The Labute approximate surface area is 383 Å². The first-order valence-corrected chi connectivity index (χ1v) is 25.8. The van der Waals surface area contributed by atoms with Crippen LogP contribution in [0, 0.1) is 0 Å². The van der Waals surface area contributed by atoms with E-state index in [2.05, 4.69) is 13.9 Å². The van der Waals surface area contributed by atoms with E-state index in [4.69, 9.17) is 10.1 Å². The molecule has 19 nitrogen and oxygen atoms in total. The molecular formula is C42H52N4O15S4. The van der Waals surface area contributed by atoms with Crippen LogP contribution in [0.3, 0.4) is 0 Å². The number of allylic oxidation sites excluding steroid dienone is 8. The van der Waals surface area contributed by atoms with Crippen molar-refractivity contribution in [2.45, 2.75) is 86.8 Å². The molecule has 0 spiro atoms. The van der Waals surface area contributed by atoms with Crippen LogP contribution >= 0.6 is 12.0 Å². The van der Waals surface area contributed by atoms with Crippen molar-refractivity contribution in [1.82, 2.24) is 9.37 Å². The molecule has 2 aromatic rings. The van der Waals surface area contributed by atoms with E-state index in [1.807, 2.05) is 75.1 Å². The van der Waals surface area contributed by atoms with Crippen molar-refractivity contribution in [2.24, 2.45) is 0 Å². The van der Waals surface area contributed by atoms with Gasteiger partial charge in [-0.2, -0.15) is 17.3 Å². The van der Waals surface area contributed by atoms with E-state index in [1.165, 1.54) is 19.2 Å². The zero-order chi connectivity index (χ0) is 48.0. The fourth-order valence-electron chi connectivity index (χ4n) is 7.88. The Morgan fingerprint density at radius 2 is 1.54 bits per heavy atom. The van der Waals surface area contributed by atoms with Crippen molar-refractivity contribution in [3.8, 4) is 0 Å². The molecule has 0 aliphatic carbocycles. The highest BCUT2D eigenvalue weighted by atomic mass is 32.2. The number of anilines is 1. The molecule has 0 bridgehead atoms.